The first-order valence-electron chi connectivity index (χ1n) is 8.48. The number of carbonyl (C=O) groups excluding carboxylic acids is 1. The largest absolute Gasteiger partial charge is 0.393 e. The minimum atomic E-state index is -0.284. The fourth-order valence-corrected chi connectivity index (χ4v) is 3.32. The molecule has 2 atom stereocenters. The van der Waals surface area contributed by atoms with E-state index in [9.17, 15) is 9.90 Å². The van der Waals surface area contributed by atoms with Gasteiger partial charge in [0.05, 0.1) is 12.7 Å². The van der Waals surface area contributed by atoms with Crippen LogP contribution < -0.4 is 10.6 Å². The zero-order valence-corrected chi connectivity index (χ0v) is 14.0. The molecule has 1 aliphatic rings. The van der Waals surface area contributed by atoms with Gasteiger partial charge in [0.25, 0.3) is 0 Å². The van der Waals surface area contributed by atoms with E-state index in [-0.39, 0.29) is 18.1 Å². The lowest BCUT2D eigenvalue weighted by atomic mass is 10.1. The van der Waals surface area contributed by atoms with Crippen LogP contribution >= 0.6 is 0 Å². The Hall–Kier alpha value is -2.05. The number of nitrogens with one attached hydrogen (secondary N) is 2. The number of hydrogen-bond acceptors (Lipinski definition) is 3. The molecule has 130 valence electrons. The highest BCUT2D eigenvalue weighted by atomic mass is 16.5. The quantitative estimate of drug-likeness (QED) is 0.761. The van der Waals surface area contributed by atoms with E-state index >= 15 is 0 Å². The molecule has 0 spiro atoms. The summed E-state index contributed by atoms with van der Waals surface area (Å²) in [4.78, 5) is 12.0. The minimum Gasteiger partial charge on any atom is -0.393 e. The van der Waals surface area contributed by atoms with Crippen LogP contribution in [0.3, 0.4) is 0 Å². The lowest BCUT2D eigenvalue weighted by Crippen LogP contribution is -2.35. The molecule has 3 rings (SSSR count). The van der Waals surface area contributed by atoms with Crippen molar-refractivity contribution in [2.75, 3.05) is 25.6 Å². The predicted octanol–water partition coefficient (Wildman–Crippen LogP) is 2.57. The molecule has 0 aliphatic heterocycles. The van der Waals surface area contributed by atoms with E-state index in [1.165, 1.54) is 0 Å². The van der Waals surface area contributed by atoms with Gasteiger partial charge in [0.15, 0.2) is 0 Å². The number of benzene rings is 1. The third-order valence-corrected chi connectivity index (χ3v) is 4.71. The SMILES string of the molecule is COCCn1ccc2cc(NC(=O)NC[C@@H]3CCC[C@H]3O)ccc21. The minimum absolute atomic E-state index is 0.174. The van der Waals surface area contributed by atoms with Crippen LogP contribution in [0.4, 0.5) is 10.5 Å². The number of aromatic nitrogens is 1. The molecule has 0 radical (unpaired) electrons. The maximum absolute atomic E-state index is 12.0. The first-order chi connectivity index (χ1) is 11.7. The van der Waals surface area contributed by atoms with Crippen molar-refractivity contribution >= 4 is 22.6 Å². The molecule has 6 heteroatoms. The molecular formula is C18H25N3O3. The van der Waals surface area contributed by atoms with E-state index in [0.29, 0.717) is 13.2 Å². The lowest BCUT2D eigenvalue weighted by molar-refractivity contribution is 0.133. The first kappa shape index (κ1) is 16.8. The van der Waals surface area contributed by atoms with Crippen molar-refractivity contribution in [3.63, 3.8) is 0 Å². The molecule has 3 N–H and O–H groups in total. The van der Waals surface area contributed by atoms with Crippen LogP contribution in [0.15, 0.2) is 30.5 Å². The number of carbonyl (C=O) groups is 1. The van der Waals surface area contributed by atoms with Gasteiger partial charge in [0, 0.05) is 48.9 Å². The average Bonchev–Trinajstić information content (AvgIpc) is 3.16. The van der Waals surface area contributed by atoms with Crippen molar-refractivity contribution in [3.8, 4) is 0 Å². The smallest absolute Gasteiger partial charge is 0.319 e. The summed E-state index contributed by atoms with van der Waals surface area (Å²) in [7, 11) is 1.69. The fourth-order valence-electron chi connectivity index (χ4n) is 3.32. The molecule has 0 saturated heterocycles. The molecule has 1 aliphatic carbocycles. The number of hydrogen-bond donors (Lipinski definition) is 3. The Kier molecular flexibility index (Phi) is 5.37. The molecular weight excluding hydrogens is 306 g/mol. The van der Waals surface area contributed by atoms with E-state index in [0.717, 1.165) is 42.4 Å². The van der Waals surface area contributed by atoms with Crippen molar-refractivity contribution in [1.82, 2.24) is 9.88 Å². The molecule has 1 heterocycles. The summed E-state index contributed by atoms with van der Waals surface area (Å²) in [6.45, 7) is 1.98. The standard InChI is InChI=1S/C18H25N3O3/c1-24-10-9-21-8-7-13-11-15(5-6-16(13)21)20-18(23)19-12-14-3-2-4-17(14)22/h5-8,11,14,17,22H,2-4,9-10,12H2,1H3,(H2,19,20,23)/t14-,17+/m0/s1. The third kappa shape index (κ3) is 3.88. The summed E-state index contributed by atoms with van der Waals surface area (Å²) >= 11 is 0. The second-order valence-electron chi connectivity index (χ2n) is 6.37. The van der Waals surface area contributed by atoms with Crippen LogP contribution in [0.1, 0.15) is 19.3 Å². The number of amides is 2. The van der Waals surface area contributed by atoms with Crippen LogP contribution in [0.25, 0.3) is 10.9 Å². The normalized spacial score (nSPS) is 20.4. The lowest BCUT2D eigenvalue weighted by Gasteiger charge is -2.15. The number of aliphatic hydroxyl groups excluding tert-OH is 1. The van der Waals surface area contributed by atoms with Gasteiger partial charge in [-0.2, -0.15) is 0 Å². The van der Waals surface area contributed by atoms with Gasteiger partial charge in [-0.1, -0.05) is 6.42 Å². The zero-order chi connectivity index (χ0) is 16.9. The molecule has 0 unspecified atom stereocenters. The van der Waals surface area contributed by atoms with Gasteiger partial charge < -0.3 is 25.0 Å². The Balaban J connectivity index is 1.57. The molecule has 2 amide bonds. The number of fused-ring (bicyclic) bond motifs is 1. The summed E-state index contributed by atoms with van der Waals surface area (Å²) in [5, 5.41) is 16.6. The molecule has 24 heavy (non-hydrogen) atoms. The molecule has 0 bridgehead atoms. The van der Waals surface area contributed by atoms with Crippen molar-refractivity contribution in [1.29, 1.82) is 0 Å². The Morgan fingerprint density at radius 3 is 3.00 bits per heavy atom. The first-order valence-corrected chi connectivity index (χ1v) is 8.48. The van der Waals surface area contributed by atoms with Crippen LogP contribution in [-0.2, 0) is 11.3 Å². The number of methoxy groups -OCH3 is 1. The van der Waals surface area contributed by atoms with E-state index in [2.05, 4.69) is 15.2 Å². The van der Waals surface area contributed by atoms with Gasteiger partial charge in [-0.15, -0.1) is 0 Å². The summed E-state index contributed by atoms with van der Waals surface area (Å²) in [6, 6.07) is 7.66. The van der Waals surface area contributed by atoms with Crippen molar-refractivity contribution < 1.29 is 14.6 Å². The Labute approximate surface area is 141 Å². The topological polar surface area (TPSA) is 75.5 Å². The van der Waals surface area contributed by atoms with E-state index < -0.39 is 0 Å². The van der Waals surface area contributed by atoms with Crippen LogP contribution in [-0.4, -0.2) is 42.1 Å². The van der Waals surface area contributed by atoms with Gasteiger partial charge in [0.1, 0.15) is 0 Å². The third-order valence-electron chi connectivity index (χ3n) is 4.71. The van der Waals surface area contributed by atoms with E-state index in [1.807, 2.05) is 30.5 Å². The maximum atomic E-state index is 12.0. The number of rotatable bonds is 6. The van der Waals surface area contributed by atoms with Gasteiger partial charge in [0.2, 0.25) is 0 Å². The van der Waals surface area contributed by atoms with E-state index in [4.69, 9.17) is 4.74 Å². The van der Waals surface area contributed by atoms with Gasteiger partial charge in [-0.05, 0) is 37.1 Å². The molecule has 1 aromatic heterocycles. The van der Waals surface area contributed by atoms with Crippen molar-refractivity contribution in [2.45, 2.75) is 31.9 Å². The molecule has 2 aromatic rings. The molecule has 1 aromatic carbocycles. The molecule has 1 fully saturated rings. The number of nitrogens with zero attached hydrogens (tertiary/aromatic N) is 1. The number of ether oxygens (including phenoxy) is 1. The van der Waals surface area contributed by atoms with Crippen LogP contribution in [0.5, 0.6) is 0 Å². The average molecular weight is 331 g/mol. The van der Waals surface area contributed by atoms with Gasteiger partial charge in [-0.25, -0.2) is 4.79 Å². The summed E-state index contributed by atoms with van der Waals surface area (Å²) in [6.07, 6.45) is 4.59. The van der Waals surface area contributed by atoms with Gasteiger partial charge in [-0.3, -0.25) is 0 Å². The van der Waals surface area contributed by atoms with Crippen molar-refractivity contribution in [3.05, 3.63) is 30.5 Å². The zero-order valence-electron chi connectivity index (χ0n) is 14.0. The fraction of sp³-hybridized carbons (Fsp3) is 0.500. The Morgan fingerprint density at radius 1 is 1.38 bits per heavy atom. The summed E-state index contributed by atoms with van der Waals surface area (Å²) in [5.41, 5.74) is 1.88. The summed E-state index contributed by atoms with van der Waals surface area (Å²) in [5.74, 6) is 0.174. The van der Waals surface area contributed by atoms with Gasteiger partial charge >= 0.3 is 6.03 Å². The van der Waals surface area contributed by atoms with E-state index in [1.54, 1.807) is 7.11 Å². The highest BCUT2D eigenvalue weighted by molar-refractivity contribution is 5.92. The molecule has 1 saturated carbocycles. The number of urea groups is 1. The monoisotopic (exact) mass is 331 g/mol. The second kappa shape index (κ2) is 7.68. The molecule has 6 nitrogen and oxygen atoms in total. The number of aliphatic hydroxyl groups is 1. The maximum Gasteiger partial charge on any atom is 0.319 e. The highest BCUT2D eigenvalue weighted by Crippen LogP contribution is 2.25. The van der Waals surface area contributed by atoms with Crippen LogP contribution in [0.2, 0.25) is 0 Å². The van der Waals surface area contributed by atoms with Crippen molar-refractivity contribution in [2.24, 2.45) is 5.92 Å². The summed E-state index contributed by atoms with van der Waals surface area (Å²) < 4.78 is 7.24. The Morgan fingerprint density at radius 2 is 2.25 bits per heavy atom. The number of anilines is 1. The van der Waals surface area contributed by atoms with Crippen LogP contribution in [0, 0.1) is 5.92 Å². The second-order valence-corrected chi connectivity index (χ2v) is 6.37. The predicted molar refractivity (Wildman–Crippen MR) is 94.2 cm³/mol. The highest BCUT2D eigenvalue weighted by Gasteiger charge is 2.25. The Bertz CT molecular complexity index is 698.